The first kappa shape index (κ1) is 14.1. The van der Waals surface area contributed by atoms with Crippen LogP contribution in [-0.4, -0.2) is 6.54 Å². The Hall–Kier alpha value is -0.340. The van der Waals surface area contributed by atoms with E-state index in [0.29, 0.717) is 5.41 Å². The van der Waals surface area contributed by atoms with Crippen LogP contribution in [0.5, 0.6) is 0 Å². The highest BCUT2D eigenvalue weighted by atomic mass is 32.1. The van der Waals surface area contributed by atoms with Crippen LogP contribution in [0.25, 0.3) is 0 Å². The Morgan fingerprint density at radius 1 is 1.22 bits per heavy atom. The lowest BCUT2D eigenvalue weighted by molar-refractivity contribution is 0.478. The third-order valence-electron chi connectivity index (χ3n) is 3.90. The van der Waals surface area contributed by atoms with Crippen molar-refractivity contribution in [3.05, 3.63) is 21.9 Å². The second-order valence-electron chi connectivity index (χ2n) is 6.63. The van der Waals surface area contributed by atoms with Gasteiger partial charge in [0, 0.05) is 16.3 Å². The number of hydrogen-bond acceptors (Lipinski definition) is 2. The van der Waals surface area contributed by atoms with Gasteiger partial charge in [0.15, 0.2) is 0 Å². The minimum Gasteiger partial charge on any atom is -0.312 e. The van der Waals surface area contributed by atoms with E-state index in [4.69, 9.17) is 0 Å². The van der Waals surface area contributed by atoms with E-state index in [2.05, 4.69) is 38.2 Å². The summed E-state index contributed by atoms with van der Waals surface area (Å²) < 4.78 is 0. The molecule has 1 aliphatic rings. The molecule has 1 fully saturated rings. The third kappa shape index (κ3) is 4.10. The molecule has 0 bridgehead atoms. The molecule has 0 radical (unpaired) electrons. The van der Waals surface area contributed by atoms with Gasteiger partial charge in [0.2, 0.25) is 0 Å². The van der Waals surface area contributed by atoms with Crippen LogP contribution in [0.15, 0.2) is 12.1 Å². The second kappa shape index (κ2) is 6.21. The Labute approximate surface area is 116 Å². The Morgan fingerprint density at radius 3 is 2.56 bits per heavy atom. The molecule has 102 valence electrons. The van der Waals surface area contributed by atoms with Gasteiger partial charge in [-0.1, -0.05) is 46.5 Å². The molecule has 2 rings (SSSR count). The molecular formula is C16H27NS. The normalized spacial score (nSPS) is 17.5. The Bertz CT molecular complexity index is 355. The topological polar surface area (TPSA) is 12.0 Å². The first-order valence-corrected chi connectivity index (χ1v) is 8.17. The van der Waals surface area contributed by atoms with Gasteiger partial charge in [-0.3, -0.25) is 0 Å². The van der Waals surface area contributed by atoms with Crippen LogP contribution >= 0.6 is 11.3 Å². The highest BCUT2D eigenvalue weighted by Crippen LogP contribution is 2.29. The Morgan fingerprint density at radius 2 is 1.94 bits per heavy atom. The average Bonchev–Trinajstić information content (AvgIpc) is 2.95. The minimum absolute atomic E-state index is 0.298. The van der Waals surface area contributed by atoms with Crippen molar-refractivity contribution in [1.29, 1.82) is 0 Å². The van der Waals surface area contributed by atoms with Gasteiger partial charge < -0.3 is 5.32 Å². The van der Waals surface area contributed by atoms with Gasteiger partial charge in [0.25, 0.3) is 0 Å². The quantitative estimate of drug-likeness (QED) is 0.760. The zero-order chi connectivity index (χ0) is 13.0. The molecule has 1 heterocycles. The maximum absolute atomic E-state index is 3.60. The van der Waals surface area contributed by atoms with E-state index in [1.54, 1.807) is 0 Å². The van der Waals surface area contributed by atoms with Gasteiger partial charge in [-0.05, 0) is 36.4 Å². The molecule has 0 spiro atoms. The minimum atomic E-state index is 0.298. The molecule has 18 heavy (non-hydrogen) atoms. The van der Waals surface area contributed by atoms with E-state index in [-0.39, 0.29) is 0 Å². The van der Waals surface area contributed by atoms with Crippen molar-refractivity contribution < 1.29 is 0 Å². The molecule has 0 amide bonds. The third-order valence-corrected chi connectivity index (χ3v) is 5.42. The monoisotopic (exact) mass is 265 g/mol. The molecule has 1 saturated carbocycles. The molecule has 0 aromatic carbocycles. The van der Waals surface area contributed by atoms with Crippen LogP contribution in [0.1, 0.15) is 62.6 Å². The molecule has 1 aromatic rings. The Balaban J connectivity index is 1.68. The predicted molar refractivity (Wildman–Crippen MR) is 81.3 cm³/mol. The van der Waals surface area contributed by atoms with E-state index in [9.17, 15) is 0 Å². The van der Waals surface area contributed by atoms with Crippen molar-refractivity contribution >= 4 is 11.3 Å². The summed E-state index contributed by atoms with van der Waals surface area (Å²) in [6, 6.07) is 4.58. The van der Waals surface area contributed by atoms with Crippen LogP contribution in [0.2, 0.25) is 0 Å². The predicted octanol–water partition coefficient (Wildman–Crippen LogP) is 4.72. The summed E-state index contributed by atoms with van der Waals surface area (Å²) in [6.45, 7) is 9.10. The zero-order valence-electron chi connectivity index (χ0n) is 12.1. The molecule has 0 atom stereocenters. The van der Waals surface area contributed by atoms with Gasteiger partial charge >= 0.3 is 0 Å². The lowest BCUT2D eigenvalue weighted by Gasteiger charge is -2.15. The summed E-state index contributed by atoms with van der Waals surface area (Å²) >= 11 is 1.96. The SMILES string of the molecule is CC(C)(C)c1ccc(CNCCC2CCCC2)s1. The molecule has 2 heteroatoms. The van der Waals surface area contributed by atoms with E-state index in [1.165, 1.54) is 48.4 Å². The Kier molecular flexibility index (Phi) is 4.85. The van der Waals surface area contributed by atoms with Crippen LogP contribution in [-0.2, 0) is 12.0 Å². The lowest BCUT2D eigenvalue weighted by atomic mass is 9.95. The van der Waals surface area contributed by atoms with Crippen LogP contribution in [0.3, 0.4) is 0 Å². The van der Waals surface area contributed by atoms with Gasteiger partial charge in [-0.15, -0.1) is 11.3 Å². The summed E-state index contributed by atoms with van der Waals surface area (Å²) in [5.74, 6) is 1.01. The van der Waals surface area contributed by atoms with Crippen LogP contribution in [0, 0.1) is 5.92 Å². The first-order chi connectivity index (χ1) is 8.55. The standard InChI is InChI=1S/C16H27NS/c1-16(2,3)15-9-8-14(18-15)12-17-11-10-13-6-4-5-7-13/h8-9,13,17H,4-7,10-12H2,1-3H3. The van der Waals surface area contributed by atoms with Gasteiger partial charge in [-0.2, -0.15) is 0 Å². The maximum atomic E-state index is 3.60. The number of thiophene rings is 1. The summed E-state index contributed by atoms with van der Waals surface area (Å²) in [6.07, 6.45) is 7.23. The van der Waals surface area contributed by atoms with E-state index in [1.807, 2.05) is 11.3 Å². The molecule has 0 aliphatic heterocycles. The molecule has 1 N–H and O–H groups in total. The highest BCUT2D eigenvalue weighted by molar-refractivity contribution is 7.12. The van der Waals surface area contributed by atoms with Gasteiger partial charge in [0.05, 0.1) is 0 Å². The molecule has 1 aliphatic carbocycles. The summed E-state index contributed by atoms with van der Waals surface area (Å²) in [7, 11) is 0. The van der Waals surface area contributed by atoms with E-state index >= 15 is 0 Å². The molecular weight excluding hydrogens is 238 g/mol. The first-order valence-electron chi connectivity index (χ1n) is 7.35. The zero-order valence-corrected chi connectivity index (χ0v) is 12.9. The second-order valence-corrected chi connectivity index (χ2v) is 7.80. The number of nitrogens with one attached hydrogen (secondary N) is 1. The van der Waals surface area contributed by atoms with E-state index in [0.717, 1.165) is 12.5 Å². The molecule has 1 nitrogen and oxygen atoms in total. The highest BCUT2D eigenvalue weighted by Gasteiger charge is 2.16. The smallest absolute Gasteiger partial charge is 0.0299 e. The molecule has 0 unspecified atom stereocenters. The van der Waals surface area contributed by atoms with Crippen molar-refractivity contribution in [3.8, 4) is 0 Å². The summed E-state index contributed by atoms with van der Waals surface area (Å²) in [5, 5.41) is 3.60. The largest absolute Gasteiger partial charge is 0.312 e. The fourth-order valence-electron chi connectivity index (χ4n) is 2.69. The molecule has 1 aromatic heterocycles. The van der Waals surface area contributed by atoms with Gasteiger partial charge in [0.1, 0.15) is 0 Å². The summed E-state index contributed by atoms with van der Waals surface area (Å²) in [5.41, 5.74) is 0.298. The lowest BCUT2D eigenvalue weighted by Crippen LogP contribution is -2.16. The fraction of sp³-hybridized carbons (Fsp3) is 0.750. The van der Waals surface area contributed by atoms with E-state index < -0.39 is 0 Å². The summed E-state index contributed by atoms with van der Waals surface area (Å²) in [4.78, 5) is 2.97. The van der Waals surface area contributed by atoms with Crippen molar-refractivity contribution in [1.82, 2.24) is 5.32 Å². The maximum Gasteiger partial charge on any atom is 0.0299 e. The average molecular weight is 265 g/mol. The number of hydrogen-bond donors (Lipinski definition) is 1. The molecule has 0 saturated heterocycles. The van der Waals surface area contributed by atoms with Crippen molar-refractivity contribution in [3.63, 3.8) is 0 Å². The number of rotatable bonds is 5. The van der Waals surface area contributed by atoms with Crippen molar-refractivity contribution in [2.75, 3.05) is 6.54 Å². The fourth-order valence-corrected chi connectivity index (χ4v) is 3.73. The van der Waals surface area contributed by atoms with Crippen LogP contribution in [0.4, 0.5) is 0 Å². The van der Waals surface area contributed by atoms with Gasteiger partial charge in [-0.25, -0.2) is 0 Å². The van der Waals surface area contributed by atoms with Crippen molar-refractivity contribution in [2.45, 2.75) is 64.8 Å². The van der Waals surface area contributed by atoms with Crippen LogP contribution < -0.4 is 5.32 Å². The van der Waals surface area contributed by atoms with Crippen molar-refractivity contribution in [2.24, 2.45) is 5.92 Å².